The van der Waals surface area contributed by atoms with E-state index in [0.717, 1.165) is 9.13 Å². The van der Waals surface area contributed by atoms with Crippen molar-refractivity contribution in [2.75, 3.05) is 0 Å². The van der Waals surface area contributed by atoms with E-state index in [1.54, 1.807) is 18.2 Å². The second-order valence-corrected chi connectivity index (χ2v) is 5.82. The SMILES string of the molecule is N#C/C(=C/c1ccccc1I)c1ccc(Cl)cc1Cl. The summed E-state index contributed by atoms with van der Waals surface area (Å²) in [7, 11) is 0. The van der Waals surface area contributed by atoms with Crippen molar-refractivity contribution in [3.63, 3.8) is 0 Å². The van der Waals surface area contributed by atoms with Crippen LogP contribution in [0.2, 0.25) is 10.0 Å². The fraction of sp³-hybridized carbons (Fsp3) is 0. The van der Waals surface area contributed by atoms with Gasteiger partial charge in [0.2, 0.25) is 0 Å². The molecule has 0 spiro atoms. The predicted octanol–water partition coefficient (Wildman–Crippen LogP) is 5.66. The Labute approximate surface area is 135 Å². The molecular formula is C15H8Cl2IN. The first kappa shape index (κ1) is 14.4. The van der Waals surface area contributed by atoms with Gasteiger partial charge in [0.05, 0.1) is 16.7 Å². The largest absolute Gasteiger partial charge is 0.192 e. The first-order valence-electron chi connectivity index (χ1n) is 5.43. The number of nitriles is 1. The van der Waals surface area contributed by atoms with Crippen molar-refractivity contribution in [1.29, 1.82) is 5.26 Å². The van der Waals surface area contributed by atoms with E-state index in [1.807, 2.05) is 30.3 Å². The minimum absolute atomic E-state index is 0.478. The second kappa shape index (κ2) is 6.42. The minimum atomic E-state index is 0.478. The van der Waals surface area contributed by atoms with E-state index in [2.05, 4.69) is 28.7 Å². The fourth-order valence-electron chi connectivity index (χ4n) is 1.63. The second-order valence-electron chi connectivity index (χ2n) is 3.82. The number of halogens is 3. The highest BCUT2D eigenvalue weighted by molar-refractivity contribution is 14.1. The third kappa shape index (κ3) is 3.50. The zero-order valence-electron chi connectivity index (χ0n) is 9.70. The first-order chi connectivity index (χ1) is 9.11. The highest BCUT2D eigenvalue weighted by Crippen LogP contribution is 2.28. The molecule has 19 heavy (non-hydrogen) atoms. The average Bonchev–Trinajstić information content (AvgIpc) is 2.39. The summed E-state index contributed by atoms with van der Waals surface area (Å²) >= 11 is 14.2. The maximum atomic E-state index is 9.31. The van der Waals surface area contributed by atoms with Crippen LogP contribution in [0.15, 0.2) is 42.5 Å². The van der Waals surface area contributed by atoms with Crippen molar-refractivity contribution in [3.8, 4) is 6.07 Å². The van der Waals surface area contributed by atoms with Crippen LogP contribution in [0, 0.1) is 14.9 Å². The molecule has 2 aromatic carbocycles. The molecule has 0 fully saturated rings. The molecule has 2 aromatic rings. The van der Waals surface area contributed by atoms with Crippen LogP contribution < -0.4 is 0 Å². The van der Waals surface area contributed by atoms with Gasteiger partial charge in [-0.25, -0.2) is 0 Å². The summed E-state index contributed by atoms with van der Waals surface area (Å²) < 4.78 is 1.08. The molecular weight excluding hydrogens is 392 g/mol. The molecule has 2 rings (SSSR count). The van der Waals surface area contributed by atoms with Gasteiger partial charge >= 0.3 is 0 Å². The van der Waals surface area contributed by atoms with E-state index >= 15 is 0 Å². The molecule has 0 N–H and O–H groups in total. The molecule has 0 aliphatic carbocycles. The van der Waals surface area contributed by atoms with Crippen LogP contribution in [0.25, 0.3) is 11.6 Å². The number of rotatable bonds is 2. The number of allylic oxidation sites excluding steroid dienone is 1. The van der Waals surface area contributed by atoms with Crippen molar-refractivity contribution >= 4 is 57.4 Å². The molecule has 94 valence electrons. The quantitative estimate of drug-likeness (QED) is 0.363. The van der Waals surface area contributed by atoms with Crippen LogP contribution in [0.5, 0.6) is 0 Å². The normalized spacial score (nSPS) is 11.2. The van der Waals surface area contributed by atoms with E-state index in [4.69, 9.17) is 23.2 Å². The molecule has 0 radical (unpaired) electrons. The smallest absolute Gasteiger partial charge is 0.0998 e. The summed E-state index contributed by atoms with van der Waals surface area (Å²) in [6, 6.07) is 15.2. The van der Waals surface area contributed by atoms with Crippen molar-refractivity contribution in [2.24, 2.45) is 0 Å². The topological polar surface area (TPSA) is 23.8 Å². The van der Waals surface area contributed by atoms with Crippen LogP contribution in [0.3, 0.4) is 0 Å². The Bertz CT molecular complexity index is 687. The summed E-state index contributed by atoms with van der Waals surface area (Å²) in [4.78, 5) is 0. The van der Waals surface area contributed by atoms with Gasteiger partial charge in [-0.1, -0.05) is 47.5 Å². The lowest BCUT2D eigenvalue weighted by atomic mass is 10.0. The third-order valence-corrected chi connectivity index (χ3v) is 4.08. The van der Waals surface area contributed by atoms with Gasteiger partial charge in [-0.15, -0.1) is 0 Å². The van der Waals surface area contributed by atoms with Gasteiger partial charge in [0, 0.05) is 14.2 Å². The summed E-state index contributed by atoms with van der Waals surface area (Å²) in [6.45, 7) is 0. The molecule has 4 heteroatoms. The zero-order chi connectivity index (χ0) is 13.8. The van der Waals surface area contributed by atoms with Gasteiger partial charge in [-0.05, 0) is 52.4 Å². The Morgan fingerprint density at radius 2 is 1.89 bits per heavy atom. The number of nitrogens with zero attached hydrogens (tertiary/aromatic N) is 1. The average molecular weight is 400 g/mol. The summed E-state index contributed by atoms with van der Waals surface area (Å²) in [5.41, 5.74) is 2.20. The number of hydrogen-bond donors (Lipinski definition) is 0. The maximum absolute atomic E-state index is 9.31. The van der Waals surface area contributed by atoms with Crippen molar-refractivity contribution in [1.82, 2.24) is 0 Å². The number of benzene rings is 2. The lowest BCUT2D eigenvalue weighted by Crippen LogP contribution is -1.86. The molecule has 0 bridgehead atoms. The van der Waals surface area contributed by atoms with Crippen LogP contribution in [-0.4, -0.2) is 0 Å². The molecule has 0 aliphatic rings. The molecule has 0 amide bonds. The van der Waals surface area contributed by atoms with Crippen molar-refractivity contribution < 1.29 is 0 Å². The fourth-order valence-corrected chi connectivity index (χ4v) is 2.68. The monoisotopic (exact) mass is 399 g/mol. The maximum Gasteiger partial charge on any atom is 0.0998 e. The summed E-state index contributed by atoms with van der Waals surface area (Å²) in [6.07, 6.45) is 1.83. The Kier molecular flexibility index (Phi) is 4.87. The van der Waals surface area contributed by atoms with E-state index in [9.17, 15) is 5.26 Å². The molecule has 0 aliphatic heterocycles. The third-order valence-electron chi connectivity index (χ3n) is 2.55. The van der Waals surface area contributed by atoms with Crippen molar-refractivity contribution in [2.45, 2.75) is 0 Å². The van der Waals surface area contributed by atoms with E-state index in [0.29, 0.717) is 21.2 Å². The van der Waals surface area contributed by atoms with Crippen LogP contribution in [0.1, 0.15) is 11.1 Å². The predicted molar refractivity (Wildman–Crippen MR) is 89.1 cm³/mol. The molecule has 0 atom stereocenters. The highest BCUT2D eigenvalue weighted by Gasteiger charge is 2.07. The highest BCUT2D eigenvalue weighted by atomic mass is 127. The van der Waals surface area contributed by atoms with Gasteiger partial charge < -0.3 is 0 Å². The van der Waals surface area contributed by atoms with Crippen LogP contribution >= 0.6 is 45.8 Å². The van der Waals surface area contributed by atoms with Gasteiger partial charge in [-0.3, -0.25) is 0 Å². The van der Waals surface area contributed by atoms with Gasteiger partial charge in [0.1, 0.15) is 0 Å². The Morgan fingerprint density at radius 3 is 2.53 bits per heavy atom. The van der Waals surface area contributed by atoms with Gasteiger partial charge in [0.25, 0.3) is 0 Å². The van der Waals surface area contributed by atoms with E-state index in [-0.39, 0.29) is 0 Å². The molecule has 0 unspecified atom stereocenters. The summed E-state index contributed by atoms with van der Waals surface area (Å²) in [5, 5.41) is 10.3. The van der Waals surface area contributed by atoms with Crippen LogP contribution in [-0.2, 0) is 0 Å². The number of hydrogen-bond acceptors (Lipinski definition) is 1. The molecule has 0 heterocycles. The minimum Gasteiger partial charge on any atom is -0.192 e. The summed E-state index contributed by atoms with van der Waals surface area (Å²) in [5.74, 6) is 0. The standard InChI is InChI=1S/C15H8Cl2IN/c16-12-5-6-13(14(17)8-12)11(9-19)7-10-3-1-2-4-15(10)18/h1-8H/b11-7-. The molecule has 0 aromatic heterocycles. The molecule has 0 saturated heterocycles. The van der Waals surface area contributed by atoms with Gasteiger partial charge in [-0.2, -0.15) is 5.26 Å². The lowest BCUT2D eigenvalue weighted by Gasteiger charge is -2.04. The van der Waals surface area contributed by atoms with Crippen molar-refractivity contribution in [3.05, 3.63) is 67.2 Å². The molecule has 0 saturated carbocycles. The van der Waals surface area contributed by atoms with Gasteiger partial charge in [0.15, 0.2) is 0 Å². The zero-order valence-corrected chi connectivity index (χ0v) is 13.4. The Morgan fingerprint density at radius 1 is 1.16 bits per heavy atom. The van der Waals surface area contributed by atoms with E-state index in [1.165, 1.54) is 0 Å². The Balaban J connectivity index is 2.52. The van der Waals surface area contributed by atoms with E-state index < -0.39 is 0 Å². The molecule has 1 nitrogen and oxygen atoms in total. The van der Waals surface area contributed by atoms with Crippen LogP contribution in [0.4, 0.5) is 0 Å². The first-order valence-corrected chi connectivity index (χ1v) is 7.27. The Hall–Kier alpha value is -1.02. The lowest BCUT2D eigenvalue weighted by molar-refractivity contribution is 1.52.